The van der Waals surface area contributed by atoms with Crippen molar-refractivity contribution in [1.29, 1.82) is 0 Å². The lowest BCUT2D eigenvalue weighted by Gasteiger charge is -2.08. The van der Waals surface area contributed by atoms with E-state index in [2.05, 4.69) is 10.6 Å². The monoisotopic (exact) mass is 326 g/mol. The van der Waals surface area contributed by atoms with Crippen molar-refractivity contribution in [3.05, 3.63) is 59.7 Å². The Hall–Kier alpha value is -3.15. The van der Waals surface area contributed by atoms with Crippen molar-refractivity contribution in [3.63, 3.8) is 0 Å². The molecule has 6 nitrogen and oxygen atoms in total. The van der Waals surface area contributed by atoms with E-state index in [-0.39, 0.29) is 5.78 Å². The lowest BCUT2D eigenvalue weighted by Crippen LogP contribution is -2.19. The number of ether oxygens (including phenoxy) is 1. The maximum atomic E-state index is 11.9. The van der Waals surface area contributed by atoms with Gasteiger partial charge in [0.25, 0.3) is 0 Å². The van der Waals surface area contributed by atoms with Gasteiger partial charge < -0.3 is 15.4 Å². The molecule has 0 saturated heterocycles. The summed E-state index contributed by atoms with van der Waals surface area (Å²) in [6.45, 7) is 3.53. The van der Waals surface area contributed by atoms with Gasteiger partial charge in [0.1, 0.15) is 0 Å². The van der Waals surface area contributed by atoms with Gasteiger partial charge in [-0.15, -0.1) is 0 Å². The Kier molecular flexibility index (Phi) is 5.68. The zero-order chi connectivity index (χ0) is 17.5. The summed E-state index contributed by atoms with van der Waals surface area (Å²) in [6.07, 6.45) is 0. The van der Waals surface area contributed by atoms with Crippen molar-refractivity contribution in [2.24, 2.45) is 0 Å². The number of ketones is 1. The van der Waals surface area contributed by atoms with Gasteiger partial charge in [-0.25, -0.2) is 9.59 Å². The minimum atomic E-state index is -0.422. The van der Waals surface area contributed by atoms with Gasteiger partial charge >= 0.3 is 12.0 Å². The van der Waals surface area contributed by atoms with Crippen LogP contribution in [0.2, 0.25) is 0 Å². The summed E-state index contributed by atoms with van der Waals surface area (Å²) in [5.74, 6) is -0.438. The van der Waals surface area contributed by atoms with Crippen LogP contribution in [0.4, 0.5) is 16.2 Å². The van der Waals surface area contributed by atoms with Gasteiger partial charge in [0.2, 0.25) is 0 Å². The molecular formula is C18H18N2O4. The van der Waals surface area contributed by atoms with Crippen molar-refractivity contribution in [1.82, 2.24) is 0 Å². The molecule has 2 aromatic rings. The highest BCUT2D eigenvalue weighted by molar-refractivity contribution is 6.00. The summed E-state index contributed by atoms with van der Waals surface area (Å²) in [6, 6.07) is 12.6. The summed E-state index contributed by atoms with van der Waals surface area (Å²) in [4.78, 5) is 34.7. The minimum absolute atomic E-state index is 0.0345. The quantitative estimate of drug-likeness (QED) is 0.648. The van der Waals surface area contributed by atoms with Gasteiger partial charge in [-0.3, -0.25) is 4.79 Å². The SMILES string of the molecule is CCOC(=O)c1ccc(NC(=O)Nc2ccc(C(C)=O)cc2)cc1. The number of hydrogen-bond acceptors (Lipinski definition) is 4. The maximum Gasteiger partial charge on any atom is 0.338 e. The summed E-state index contributed by atoms with van der Waals surface area (Å²) in [7, 11) is 0. The van der Waals surface area contributed by atoms with Crippen LogP contribution >= 0.6 is 0 Å². The van der Waals surface area contributed by atoms with E-state index in [1.807, 2.05) is 0 Å². The first-order valence-corrected chi connectivity index (χ1v) is 7.46. The Balaban J connectivity index is 1.94. The van der Waals surface area contributed by atoms with Gasteiger partial charge in [-0.1, -0.05) is 0 Å². The first-order chi connectivity index (χ1) is 11.5. The third-order valence-electron chi connectivity index (χ3n) is 3.20. The highest BCUT2D eigenvalue weighted by Gasteiger charge is 2.07. The van der Waals surface area contributed by atoms with Crippen molar-refractivity contribution in [2.75, 3.05) is 17.2 Å². The van der Waals surface area contributed by atoms with E-state index in [9.17, 15) is 14.4 Å². The third-order valence-corrected chi connectivity index (χ3v) is 3.20. The molecule has 0 unspecified atom stereocenters. The molecule has 0 bridgehead atoms. The first kappa shape index (κ1) is 17.2. The molecule has 124 valence electrons. The number of urea groups is 1. The van der Waals surface area contributed by atoms with Crippen LogP contribution in [0.15, 0.2) is 48.5 Å². The molecule has 2 rings (SSSR count). The first-order valence-electron chi connectivity index (χ1n) is 7.46. The van der Waals surface area contributed by atoms with Gasteiger partial charge in [0, 0.05) is 16.9 Å². The molecule has 0 saturated carbocycles. The van der Waals surface area contributed by atoms with Crippen molar-refractivity contribution >= 4 is 29.2 Å². The van der Waals surface area contributed by atoms with E-state index in [1.54, 1.807) is 55.5 Å². The number of benzene rings is 2. The molecule has 0 aliphatic heterocycles. The molecule has 2 aromatic carbocycles. The molecule has 0 spiro atoms. The number of amides is 2. The molecule has 0 heterocycles. The molecule has 6 heteroatoms. The predicted octanol–water partition coefficient (Wildman–Crippen LogP) is 3.71. The van der Waals surface area contributed by atoms with Crippen LogP contribution in [-0.4, -0.2) is 24.4 Å². The average Bonchev–Trinajstić information content (AvgIpc) is 2.56. The highest BCUT2D eigenvalue weighted by atomic mass is 16.5. The van der Waals surface area contributed by atoms with E-state index in [1.165, 1.54) is 6.92 Å². The lowest BCUT2D eigenvalue weighted by molar-refractivity contribution is 0.0526. The number of rotatable bonds is 5. The van der Waals surface area contributed by atoms with Gasteiger partial charge in [-0.05, 0) is 62.4 Å². The van der Waals surface area contributed by atoms with Gasteiger partial charge in [-0.2, -0.15) is 0 Å². The standard InChI is InChI=1S/C18H18N2O4/c1-3-24-17(22)14-6-10-16(11-7-14)20-18(23)19-15-8-4-13(5-9-15)12(2)21/h4-11H,3H2,1-2H3,(H2,19,20,23). The summed E-state index contributed by atoms with van der Waals surface area (Å²) < 4.78 is 4.89. The molecule has 2 N–H and O–H groups in total. The Morgan fingerprint density at radius 2 is 1.29 bits per heavy atom. The number of nitrogens with one attached hydrogen (secondary N) is 2. The molecule has 0 fully saturated rings. The van der Waals surface area contributed by atoms with Crippen LogP contribution in [0.5, 0.6) is 0 Å². The van der Waals surface area contributed by atoms with Gasteiger partial charge in [0.15, 0.2) is 5.78 Å². The summed E-state index contributed by atoms with van der Waals surface area (Å²) in [5.41, 5.74) is 2.11. The van der Waals surface area contributed by atoms with Crippen LogP contribution in [0, 0.1) is 0 Å². The smallest absolute Gasteiger partial charge is 0.338 e. The maximum absolute atomic E-state index is 11.9. The van der Waals surface area contributed by atoms with Crippen molar-refractivity contribution in [2.45, 2.75) is 13.8 Å². The topological polar surface area (TPSA) is 84.5 Å². The Morgan fingerprint density at radius 3 is 1.71 bits per heavy atom. The molecule has 0 aliphatic rings. The van der Waals surface area contributed by atoms with Crippen molar-refractivity contribution < 1.29 is 19.1 Å². The molecule has 0 aromatic heterocycles. The molecule has 0 aliphatic carbocycles. The lowest BCUT2D eigenvalue weighted by atomic mass is 10.1. The highest BCUT2D eigenvalue weighted by Crippen LogP contribution is 2.13. The van der Waals surface area contributed by atoms with E-state index in [0.29, 0.717) is 29.1 Å². The van der Waals surface area contributed by atoms with E-state index in [4.69, 9.17) is 4.74 Å². The normalized spacial score (nSPS) is 9.92. The minimum Gasteiger partial charge on any atom is -0.462 e. The van der Waals surface area contributed by atoms with Crippen molar-refractivity contribution in [3.8, 4) is 0 Å². The van der Waals surface area contributed by atoms with E-state index in [0.717, 1.165) is 0 Å². The number of carbonyl (C=O) groups excluding carboxylic acids is 3. The average molecular weight is 326 g/mol. The van der Waals surface area contributed by atoms with E-state index >= 15 is 0 Å². The second kappa shape index (κ2) is 7.92. The molecule has 2 amide bonds. The number of carbonyl (C=O) groups is 3. The molecular weight excluding hydrogens is 308 g/mol. The number of esters is 1. The number of anilines is 2. The van der Waals surface area contributed by atoms with E-state index < -0.39 is 12.0 Å². The Labute approximate surface area is 139 Å². The van der Waals surface area contributed by atoms with Crippen LogP contribution < -0.4 is 10.6 Å². The largest absolute Gasteiger partial charge is 0.462 e. The van der Waals surface area contributed by atoms with Crippen LogP contribution in [0.3, 0.4) is 0 Å². The molecule has 24 heavy (non-hydrogen) atoms. The second-order valence-corrected chi connectivity index (χ2v) is 5.01. The zero-order valence-corrected chi connectivity index (χ0v) is 13.5. The third kappa shape index (κ3) is 4.67. The molecule has 0 atom stereocenters. The predicted molar refractivity (Wildman–Crippen MR) is 91.5 cm³/mol. The fourth-order valence-corrected chi connectivity index (χ4v) is 1.99. The number of hydrogen-bond donors (Lipinski definition) is 2. The summed E-state index contributed by atoms with van der Waals surface area (Å²) >= 11 is 0. The Morgan fingerprint density at radius 1 is 0.833 bits per heavy atom. The van der Waals surface area contributed by atoms with Crippen LogP contribution in [-0.2, 0) is 4.74 Å². The van der Waals surface area contributed by atoms with Crippen LogP contribution in [0.25, 0.3) is 0 Å². The Bertz CT molecular complexity index is 737. The van der Waals surface area contributed by atoms with Gasteiger partial charge in [0.05, 0.1) is 12.2 Å². The number of Topliss-reactive ketones (excluding diaryl/α,β-unsaturated/α-hetero) is 1. The zero-order valence-electron chi connectivity index (χ0n) is 13.5. The fraction of sp³-hybridized carbons (Fsp3) is 0.167. The second-order valence-electron chi connectivity index (χ2n) is 5.01. The summed E-state index contributed by atoms with van der Waals surface area (Å²) in [5, 5.41) is 5.32. The van der Waals surface area contributed by atoms with Crippen LogP contribution in [0.1, 0.15) is 34.6 Å². The fourth-order valence-electron chi connectivity index (χ4n) is 1.99. The molecule has 0 radical (unpaired) electrons.